The molecule has 3 nitrogen and oxygen atoms in total. The summed E-state index contributed by atoms with van der Waals surface area (Å²) in [5.74, 6) is 0. The number of hydrogen-bond acceptors (Lipinski definition) is 3. The van der Waals surface area contributed by atoms with E-state index >= 15 is 0 Å². The third-order valence-corrected chi connectivity index (χ3v) is 2.28. The maximum atomic E-state index is 3.99. The van der Waals surface area contributed by atoms with E-state index in [2.05, 4.69) is 39.8 Å². The smallest absolute Gasteiger partial charge is 0.213 e. The Morgan fingerprint density at radius 3 is 2.31 bits per heavy atom. The van der Waals surface area contributed by atoms with Crippen LogP contribution in [-0.4, -0.2) is 7.05 Å². The van der Waals surface area contributed by atoms with Crippen molar-refractivity contribution in [2.45, 2.75) is 19.1 Å². The van der Waals surface area contributed by atoms with Crippen LogP contribution in [0.15, 0.2) is 34.5 Å². The maximum Gasteiger partial charge on any atom is 0.213 e. The summed E-state index contributed by atoms with van der Waals surface area (Å²) in [7, 11) is 1.95. The van der Waals surface area contributed by atoms with E-state index in [-0.39, 0.29) is 5.66 Å². The summed E-state index contributed by atoms with van der Waals surface area (Å²) in [4.78, 5) is 0. The minimum absolute atomic E-state index is 0.238. The SMILES string of the molecule is CNCc1ccc(C2(C)N=N2)cc1. The van der Waals surface area contributed by atoms with Gasteiger partial charge < -0.3 is 5.32 Å². The van der Waals surface area contributed by atoms with E-state index < -0.39 is 0 Å². The summed E-state index contributed by atoms with van der Waals surface area (Å²) in [6.07, 6.45) is 0. The van der Waals surface area contributed by atoms with Crippen molar-refractivity contribution in [2.24, 2.45) is 10.2 Å². The second-order valence-electron chi connectivity index (χ2n) is 3.45. The summed E-state index contributed by atoms with van der Waals surface area (Å²) in [5.41, 5.74) is 2.22. The third-order valence-electron chi connectivity index (χ3n) is 2.28. The zero-order valence-corrected chi connectivity index (χ0v) is 7.91. The minimum Gasteiger partial charge on any atom is -0.316 e. The molecule has 3 heteroatoms. The minimum atomic E-state index is -0.238. The van der Waals surface area contributed by atoms with Crippen molar-refractivity contribution in [1.82, 2.24) is 5.32 Å². The van der Waals surface area contributed by atoms with Crippen LogP contribution in [0.5, 0.6) is 0 Å². The highest BCUT2D eigenvalue weighted by atomic mass is 15.4. The van der Waals surface area contributed by atoms with Gasteiger partial charge in [-0.25, -0.2) is 0 Å². The first-order chi connectivity index (χ1) is 6.24. The summed E-state index contributed by atoms with van der Waals surface area (Å²) in [6.45, 7) is 2.92. The first-order valence-electron chi connectivity index (χ1n) is 4.43. The van der Waals surface area contributed by atoms with Crippen LogP contribution < -0.4 is 5.32 Å². The van der Waals surface area contributed by atoms with Crippen LogP contribution in [-0.2, 0) is 12.2 Å². The largest absolute Gasteiger partial charge is 0.316 e. The average molecular weight is 175 g/mol. The van der Waals surface area contributed by atoms with E-state index in [1.165, 1.54) is 11.1 Å². The Kier molecular flexibility index (Phi) is 1.88. The molecule has 0 spiro atoms. The van der Waals surface area contributed by atoms with Gasteiger partial charge in [0.1, 0.15) is 0 Å². The Labute approximate surface area is 77.9 Å². The van der Waals surface area contributed by atoms with Crippen molar-refractivity contribution >= 4 is 0 Å². The van der Waals surface area contributed by atoms with E-state index in [1.54, 1.807) is 0 Å². The highest BCUT2D eigenvalue weighted by molar-refractivity contribution is 5.29. The molecule has 1 aliphatic heterocycles. The van der Waals surface area contributed by atoms with E-state index in [9.17, 15) is 0 Å². The lowest BCUT2D eigenvalue weighted by atomic mass is 10.0. The molecule has 1 aromatic carbocycles. The van der Waals surface area contributed by atoms with Crippen LogP contribution >= 0.6 is 0 Å². The van der Waals surface area contributed by atoms with E-state index in [4.69, 9.17) is 0 Å². The van der Waals surface area contributed by atoms with Crippen LogP contribution in [0.1, 0.15) is 18.1 Å². The van der Waals surface area contributed by atoms with Crippen molar-refractivity contribution in [2.75, 3.05) is 7.05 Å². The molecule has 1 N–H and O–H groups in total. The Morgan fingerprint density at radius 1 is 1.23 bits per heavy atom. The number of rotatable bonds is 3. The second-order valence-corrected chi connectivity index (χ2v) is 3.45. The molecule has 0 radical (unpaired) electrons. The molecular weight excluding hydrogens is 162 g/mol. The number of nitrogens with zero attached hydrogens (tertiary/aromatic N) is 2. The molecule has 0 atom stereocenters. The first kappa shape index (κ1) is 8.38. The average Bonchev–Trinajstić information content (AvgIpc) is 2.87. The van der Waals surface area contributed by atoms with Crippen molar-refractivity contribution in [3.05, 3.63) is 35.4 Å². The fraction of sp³-hybridized carbons (Fsp3) is 0.400. The van der Waals surface area contributed by atoms with Gasteiger partial charge in [0.15, 0.2) is 0 Å². The Hall–Kier alpha value is -1.22. The number of benzene rings is 1. The molecule has 0 saturated heterocycles. The zero-order chi connectivity index (χ0) is 9.31. The molecule has 0 bridgehead atoms. The maximum absolute atomic E-state index is 3.99. The Bertz CT molecular complexity index is 321. The Balaban J connectivity index is 2.14. The summed E-state index contributed by atoms with van der Waals surface area (Å²) >= 11 is 0. The standard InChI is InChI=1S/C10H13N3/c1-10(12-13-10)9-5-3-8(4-6-9)7-11-2/h3-6,11H,7H2,1-2H3. The molecule has 68 valence electrons. The van der Waals surface area contributed by atoms with Crippen molar-refractivity contribution in [1.29, 1.82) is 0 Å². The molecule has 0 saturated carbocycles. The monoisotopic (exact) mass is 175 g/mol. The van der Waals surface area contributed by atoms with Crippen LogP contribution in [0.4, 0.5) is 0 Å². The van der Waals surface area contributed by atoms with Gasteiger partial charge in [-0.1, -0.05) is 24.3 Å². The zero-order valence-electron chi connectivity index (χ0n) is 7.91. The molecule has 1 aliphatic rings. The van der Waals surface area contributed by atoms with Gasteiger partial charge >= 0.3 is 0 Å². The molecule has 0 amide bonds. The highest BCUT2D eigenvalue weighted by Gasteiger charge is 2.35. The second kappa shape index (κ2) is 2.92. The molecule has 1 aromatic rings. The molecule has 0 aromatic heterocycles. The van der Waals surface area contributed by atoms with Crippen LogP contribution in [0, 0.1) is 0 Å². The fourth-order valence-corrected chi connectivity index (χ4v) is 1.33. The Morgan fingerprint density at radius 2 is 1.85 bits per heavy atom. The molecule has 2 rings (SSSR count). The van der Waals surface area contributed by atoms with Crippen LogP contribution in [0.2, 0.25) is 0 Å². The first-order valence-corrected chi connectivity index (χ1v) is 4.43. The van der Waals surface area contributed by atoms with Gasteiger partial charge in [0.05, 0.1) is 0 Å². The summed E-state index contributed by atoms with van der Waals surface area (Å²) in [5, 5.41) is 11.1. The molecule has 0 aliphatic carbocycles. The van der Waals surface area contributed by atoms with E-state index in [0.29, 0.717) is 0 Å². The summed E-state index contributed by atoms with van der Waals surface area (Å²) in [6, 6.07) is 8.40. The van der Waals surface area contributed by atoms with Gasteiger partial charge in [-0.3, -0.25) is 0 Å². The summed E-state index contributed by atoms with van der Waals surface area (Å²) < 4.78 is 0. The number of nitrogens with one attached hydrogen (secondary N) is 1. The van der Waals surface area contributed by atoms with E-state index in [0.717, 1.165) is 6.54 Å². The molecule has 13 heavy (non-hydrogen) atoms. The van der Waals surface area contributed by atoms with Gasteiger partial charge in [-0.2, -0.15) is 10.2 Å². The highest BCUT2D eigenvalue weighted by Crippen LogP contribution is 2.38. The third kappa shape index (κ3) is 1.60. The fourth-order valence-electron chi connectivity index (χ4n) is 1.33. The predicted octanol–water partition coefficient (Wildman–Crippen LogP) is 2.04. The van der Waals surface area contributed by atoms with Crippen molar-refractivity contribution in [3.8, 4) is 0 Å². The van der Waals surface area contributed by atoms with Gasteiger partial charge in [-0.05, 0) is 19.5 Å². The molecular formula is C10H13N3. The van der Waals surface area contributed by atoms with Crippen LogP contribution in [0.3, 0.4) is 0 Å². The van der Waals surface area contributed by atoms with Gasteiger partial charge in [0, 0.05) is 12.1 Å². The van der Waals surface area contributed by atoms with Gasteiger partial charge in [-0.15, -0.1) is 0 Å². The van der Waals surface area contributed by atoms with Crippen molar-refractivity contribution in [3.63, 3.8) is 0 Å². The molecule has 0 unspecified atom stereocenters. The lowest BCUT2D eigenvalue weighted by Crippen LogP contribution is -2.06. The molecule has 0 fully saturated rings. The topological polar surface area (TPSA) is 36.8 Å². The van der Waals surface area contributed by atoms with Crippen molar-refractivity contribution < 1.29 is 0 Å². The normalized spacial score (nSPS) is 17.4. The predicted molar refractivity (Wildman–Crippen MR) is 51.4 cm³/mol. The lowest BCUT2D eigenvalue weighted by Gasteiger charge is -2.05. The quantitative estimate of drug-likeness (QED) is 0.750. The van der Waals surface area contributed by atoms with E-state index in [1.807, 2.05) is 14.0 Å². The van der Waals surface area contributed by atoms with Crippen LogP contribution in [0.25, 0.3) is 0 Å². The van der Waals surface area contributed by atoms with Gasteiger partial charge in [0.2, 0.25) is 5.66 Å². The van der Waals surface area contributed by atoms with Gasteiger partial charge in [0.25, 0.3) is 0 Å². The number of hydrogen-bond donors (Lipinski definition) is 1. The lowest BCUT2D eigenvalue weighted by molar-refractivity contribution is 0.727. The molecule has 1 heterocycles.